The average Bonchev–Trinajstić information content (AvgIpc) is 2.62. The lowest BCUT2D eigenvalue weighted by molar-refractivity contribution is -0.122. The third kappa shape index (κ3) is 4.47. The predicted octanol–water partition coefficient (Wildman–Crippen LogP) is 3.75. The van der Waals surface area contributed by atoms with E-state index in [1.54, 1.807) is 0 Å². The Kier molecular flexibility index (Phi) is 5.68. The fraction of sp³-hybridized carbons (Fsp3) is 0.250. The van der Waals surface area contributed by atoms with E-state index >= 15 is 0 Å². The maximum Gasteiger partial charge on any atom is 0.234 e. The van der Waals surface area contributed by atoms with Gasteiger partial charge in [0.2, 0.25) is 5.91 Å². The standard InChI is InChI=1S/C20H21ClN2O/c21-19-9-5-4-8-18(19)14-22-20(24)15-23-12-10-17(11-13-23)16-6-2-1-3-7-16/h1-10H,11-15H2,(H,22,24). The van der Waals surface area contributed by atoms with Gasteiger partial charge in [0.05, 0.1) is 6.54 Å². The molecule has 1 aliphatic heterocycles. The molecule has 4 heteroatoms. The second kappa shape index (κ2) is 8.13. The average molecular weight is 341 g/mol. The van der Waals surface area contributed by atoms with Crippen LogP contribution in [0.3, 0.4) is 0 Å². The summed E-state index contributed by atoms with van der Waals surface area (Å²) >= 11 is 6.10. The van der Waals surface area contributed by atoms with Gasteiger partial charge in [0, 0.05) is 24.7 Å². The van der Waals surface area contributed by atoms with Crippen molar-refractivity contribution < 1.29 is 4.79 Å². The number of carbonyl (C=O) groups excluding carboxylic acids is 1. The van der Waals surface area contributed by atoms with Crippen LogP contribution in [0.5, 0.6) is 0 Å². The summed E-state index contributed by atoms with van der Waals surface area (Å²) in [5.74, 6) is 0.0338. The second-order valence-electron chi connectivity index (χ2n) is 5.95. The molecule has 0 radical (unpaired) electrons. The molecule has 0 saturated heterocycles. The Bertz CT molecular complexity index is 727. The zero-order valence-corrected chi connectivity index (χ0v) is 14.3. The first-order valence-electron chi connectivity index (χ1n) is 8.19. The number of amides is 1. The van der Waals surface area contributed by atoms with Gasteiger partial charge in [-0.25, -0.2) is 0 Å². The van der Waals surface area contributed by atoms with Crippen LogP contribution in [0, 0.1) is 0 Å². The third-order valence-corrected chi connectivity index (χ3v) is 4.61. The Labute approximate surface area is 147 Å². The van der Waals surface area contributed by atoms with Gasteiger partial charge >= 0.3 is 0 Å². The highest BCUT2D eigenvalue weighted by atomic mass is 35.5. The first kappa shape index (κ1) is 16.7. The summed E-state index contributed by atoms with van der Waals surface area (Å²) in [6.07, 6.45) is 3.20. The van der Waals surface area contributed by atoms with Crippen LogP contribution < -0.4 is 5.32 Å². The van der Waals surface area contributed by atoms with Gasteiger partial charge in [-0.05, 0) is 29.2 Å². The van der Waals surface area contributed by atoms with Crippen LogP contribution in [0.4, 0.5) is 0 Å². The predicted molar refractivity (Wildman–Crippen MR) is 98.8 cm³/mol. The van der Waals surface area contributed by atoms with E-state index < -0.39 is 0 Å². The molecule has 0 unspecified atom stereocenters. The minimum absolute atomic E-state index is 0.0338. The van der Waals surface area contributed by atoms with Crippen molar-refractivity contribution in [1.29, 1.82) is 0 Å². The van der Waals surface area contributed by atoms with Gasteiger partial charge < -0.3 is 5.32 Å². The summed E-state index contributed by atoms with van der Waals surface area (Å²) in [5.41, 5.74) is 3.58. The normalized spacial score (nSPS) is 15.0. The third-order valence-electron chi connectivity index (χ3n) is 4.24. The quantitative estimate of drug-likeness (QED) is 0.899. The molecule has 1 aliphatic rings. The van der Waals surface area contributed by atoms with Crippen molar-refractivity contribution >= 4 is 23.1 Å². The van der Waals surface area contributed by atoms with Gasteiger partial charge in [-0.3, -0.25) is 9.69 Å². The van der Waals surface area contributed by atoms with Crippen LogP contribution in [-0.2, 0) is 11.3 Å². The van der Waals surface area contributed by atoms with E-state index in [2.05, 4.69) is 40.6 Å². The second-order valence-corrected chi connectivity index (χ2v) is 6.36. The van der Waals surface area contributed by atoms with Crippen molar-refractivity contribution in [3.63, 3.8) is 0 Å². The molecule has 0 spiro atoms. The molecule has 1 heterocycles. The largest absolute Gasteiger partial charge is 0.351 e. The zero-order valence-electron chi connectivity index (χ0n) is 13.5. The van der Waals surface area contributed by atoms with Gasteiger partial charge in [-0.2, -0.15) is 0 Å². The molecule has 0 atom stereocenters. The van der Waals surface area contributed by atoms with E-state index in [9.17, 15) is 4.79 Å². The molecule has 0 fully saturated rings. The molecule has 0 aliphatic carbocycles. The van der Waals surface area contributed by atoms with E-state index in [-0.39, 0.29) is 5.91 Å². The Hall–Kier alpha value is -2.10. The Morgan fingerprint density at radius 2 is 1.83 bits per heavy atom. The lowest BCUT2D eigenvalue weighted by Crippen LogP contribution is -2.39. The van der Waals surface area contributed by atoms with Gasteiger partial charge in [-0.15, -0.1) is 0 Å². The van der Waals surface area contributed by atoms with Crippen molar-refractivity contribution in [1.82, 2.24) is 10.2 Å². The van der Waals surface area contributed by atoms with Crippen LogP contribution in [0.15, 0.2) is 60.7 Å². The van der Waals surface area contributed by atoms with Crippen molar-refractivity contribution in [3.8, 4) is 0 Å². The maximum atomic E-state index is 12.1. The molecular formula is C20H21ClN2O. The molecule has 2 aromatic carbocycles. The number of benzene rings is 2. The van der Waals surface area contributed by atoms with Crippen molar-refractivity contribution in [2.75, 3.05) is 19.6 Å². The molecule has 3 nitrogen and oxygen atoms in total. The minimum atomic E-state index is 0.0338. The van der Waals surface area contributed by atoms with Crippen molar-refractivity contribution in [2.45, 2.75) is 13.0 Å². The molecule has 1 N–H and O–H groups in total. The van der Waals surface area contributed by atoms with E-state index in [4.69, 9.17) is 11.6 Å². The number of hydrogen-bond donors (Lipinski definition) is 1. The SMILES string of the molecule is O=C(CN1CC=C(c2ccccc2)CC1)NCc1ccccc1Cl. The Morgan fingerprint density at radius 1 is 1.08 bits per heavy atom. The van der Waals surface area contributed by atoms with Crippen molar-refractivity contribution in [2.24, 2.45) is 0 Å². The summed E-state index contributed by atoms with van der Waals surface area (Å²) < 4.78 is 0. The maximum absolute atomic E-state index is 12.1. The molecule has 0 aromatic heterocycles. The van der Waals surface area contributed by atoms with Crippen LogP contribution in [-0.4, -0.2) is 30.4 Å². The van der Waals surface area contributed by atoms with E-state index in [0.29, 0.717) is 18.1 Å². The summed E-state index contributed by atoms with van der Waals surface area (Å²) in [5, 5.41) is 3.63. The number of rotatable bonds is 5. The minimum Gasteiger partial charge on any atom is -0.351 e. The zero-order chi connectivity index (χ0) is 16.8. The first-order valence-corrected chi connectivity index (χ1v) is 8.57. The summed E-state index contributed by atoms with van der Waals surface area (Å²) in [4.78, 5) is 14.3. The Morgan fingerprint density at radius 3 is 2.54 bits per heavy atom. The van der Waals surface area contributed by atoms with Gasteiger partial charge in [0.1, 0.15) is 0 Å². The number of hydrogen-bond acceptors (Lipinski definition) is 2. The molecular weight excluding hydrogens is 320 g/mol. The highest BCUT2D eigenvalue weighted by Crippen LogP contribution is 2.21. The smallest absolute Gasteiger partial charge is 0.234 e. The number of carbonyl (C=O) groups is 1. The lowest BCUT2D eigenvalue weighted by atomic mass is 10.00. The molecule has 0 bridgehead atoms. The molecule has 0 saturated carbocycles. The fourth-order valence-corrected chi connectivity index (χ4v) is 3.07. The summed E-state index contributed by atoms with van der Waals surface area (Å²) in [6.45, 7) is 2.60. The van der Waals surface area contributed by atoms with Crippen molar-refractivity contribution in [3.05, 3.63) is 76.8 Å². The van der Waals surface area contributed by atoms with E-state index in [1.807, 2.05) is 30.3 Å². The number of nitrogens with one attached hydrogen (secondary N) is 1. The molecule has 124 valence electrons. The van der Waals surface area contributed by atoms with E-state index in [0.717, 1.165) is 25.1 Å². The van der Waals surface area contributed by atoms with Gasteiger partial charge in [0.25, 0.3) is 0 Å². The van der Waals surface area contributed by atoms with Crippen LogP contribution >= 0.6 is 11.6 Å². The van der Waals surface area contributed by atoms with E-state index in [1.165, 1.54) is 11.1 Å². The van der Waals surface area contributed by atoms with Crippen LogP contribution in [0.25, 0.3) is 5.57 Å². The van der Waals surface area contributed by atoms with Gasteiger partial charge in [0.15, 0.2) is 0 Å². The monoisotopic (exact) mass is 340 g/mol. The topological polar surface area (TPSA) is 32.3 Å². The summed E-state index contributed by atoms with van der Waals surface area (Å²) in [6, 6.07) is 18.0. The molecule has 1 amide bonds. The lowest BCUT2D eigenvalue weighted by Gasteiger charge is -2.26. The van der Waals surface area contributed by atoms with Crippen LogP contribution in [0.1, 0.15) is 17.5 Å². The molecule has 2 aromatic rings. The highest BCUT2D eigenvalue weighted by Gasteiger charge is 2.15. The van der Waals surface area contributed by atoms with Crippen LogP contribution in [0.2, 0.25) is 5.02 Å². The number of halogens is 1. The Balaban J connectivity index is 1.48. The van der Waals surface area contributed by atoms with Gasteiger partial charge in [-0.1, -0.05) is 66.2 Å². The highest BCUT2D eigenvalue weighted by molar-refractivity contribution is 6.31. The summed E-state index contributed by atoms with van der Waals surface area (Å²) in [7, 11) is 0. The fourth-order valence-electron chi connectivity index (χ4n) is 2.86. The first-order chi connectivity index (χ1) is 11.7. The molecule has 24 heavy (non-hydrogen) atoms. The number of nitrogens with zero attached hydrogens (tertiary/aromatic N) is 1. The molecule has 3 rings (SSSR count).